The van der Waals surface area contributed by atoms with Crippen LogP contribution in [0.5, 0.6) is 0 Å². The molecule has 2 amide bonds. The summed E-state index contributed by atoms with van der Waals surface area (Å²) in [6.07, 6.45) is 9.46. The first kappa shape index (κ1) is 22.7. The molecule has 10 nitrogen and oxygen atoms in total. The third-order valence-corrected chi connectivity index (χ3v) is 5.30. The fourth-order valence-electron chi connectivity index (χ4n) is 3.21. The monoisotopic (exact) mass is 456 g/mol. The van der Waals surface area contributed by atoms with Crippen LogP contribution in [0.2, 0.25) is 0 Å². The minimum Gasteiger partial charge on any atom is -0.387 e. The fourth-order valence-corrected chi connectivity index (χ4v) is 3.21. The van der Waals surface area contributed by atoms with Crippen LogP contribution in [0.3, 0.4) is 0 Å². The van der Waals surface area contributed by atoms with Gasteiger partial charge in [-0.15, -0.1) is 0 Å². The second kappa shape index (κ2) is 9.99. The summed E-state index contributed by atoms with van der Waals surface area (Å²) in [5, 5.41) is 24.4. The Morgan fingerprint density at radius 2 is 1.94 bits per heavy atom. The second-order valence-electron chi connectivity index (χ2n) is 7.83. The molecular formula is C24H24N8O2. The number of carbonyl (C=O) groups is 2. The molecule has 10 heteroatoms. The molecule has 0 atom stereocenters. The zero-order chi connectivity index (χ0) is 24.1. The van der Waals surface area contributed by atoms with Crippen molar-refractivity contribution in [2.75, 3.05) is 12.4 Å². The number of carbonyl (C=O) groups excluding carboxylic acids is 2. The van der Waals surface area contributed by atoms with E-state index in [2.05, 4.69) is 36.1 Å². The highest BCUT2D eigenvalue weighted by Gasteiger charge is 2.20. The van der Waals surface area contributed by atoms with E-state index in [0.717, 1.165) is 30.2 Å². The van der Waals surface area contributed by atoms with Crippen molar-refractivity contribution < 1.29 is 9.59 Å². The van der Waals surface area contributed by atoms with Crippen molar-refractivity contribution in [2.24, 2.45) is 0 Å². The van der Waals surface area contributed by atoms with Gasteiger partial charge in [0.1, 0.15) is 5.69 Å². The molecule has 0 aliphatic heterocycles. The van der Waals surface area contributed by atoms with Crippen molar-refractivity contribution in [3.63, 3.8) is 0 Å². The SMILES string of the molecule is CNC(=O)c1cc(-c2cnnc(-c3cc(NC(=O)/C(C=N)=C/NC4CC4)cnc3C)c2)ccn1. The molecule has 172 valence electrons. The van der Waals surface area contributed by atoms with Crippen molar-refractivity contribution in [1.29, 1.82) is 5.41 Å². The van der Waals surface area contributed by atoms with Gasteiger partial charge in [-0.3, -0.25) is 19.6 Å². The molecule has 0 aromatic carbocycles. The van der Waals surface area contributed by atoms with Gasteiger partial charge in [0.05, 0.1) is 29.3 Å². The van der Waals surface area contributed by atoms with Crippen molar-refractivity contribution in [1.82, 2.24) is 30.8 Å². The zero-order valence-electron chi connectivity index (χ0n) is 18.8. The molecule has 1 saturated carbocycles. The average Bonchev–Trinajstić information content (AvgIpc) is 3.70. The Morgan fingerprint density at radius 1 is 1.12 bits per heavy atom. The Morgan fingerprint density at radius 3 is 2.68 bits per heavy atom. The van der Waals surface area contributed by atoms with Crippen molar-refractivity contribution in [3.8, 4) is 22.4 Å². The predicted octanol–water partition coefficient (Wildman–Crippen LogP) is 2.49. The van der Waals surface area contributed by atoms with E-state index in [1.165, 1.54) is 0 Å². The van der Waals surface area contributed by atoms with E-state index in [1.54, 1.807) is 50.0 Å². The van der Waals surface area contributed by atoms with E-state index in [9.17, 15) is 9.59 Å². The van der Waals surface area contributed by atoms with E-state index in [0.29, 0.717) is 34.4 Å². The zero-order valence-corrected chi connectivity index (χ0v) is 18.8. The lowest BCUT2D eigenvalue weighted by Gasteiger charge is -2.10. The molecule has 0 bridgehead atoms. The van der Waals surface area contributed by atoms with Gasteiger partial charge in [0.2, 0.25) is 0 Å². The molecule has 1 fully saturated rings. The molecular weight excluding hydrogens is 432 g/mol. The van der Waals surface area contributed by atoms with Gasteiger partial charge in [-0.25, -0.2) is 0 Å². The lowest BCUT2D eigenvalue weighted by Crippen LogP contribution is -2.19. The lowest BCUT2D eigenvalue weighted by molar-refractivity contribution is -0.112. The standard InChI is InChI=1S/C24H24N8O2/c1-14-20(9-19(13-28-14)31-23(33)17(10-25)11-29-18-3-4-18)21-8-16(12-30-32-21)15-5-6-27-22(7-15)24(34)26-2/h5-13,18,25,29H,3-4H2,1-2H3,(H,26,34)(H,31,33)/b17-11+,25-10?. The highest BCUT2D eigenvalue weighted by Crippen LogP contribution is 2.27. The summed E-state index contributed by atoms with van der Waals surface area (Å²) in [6, 6.07) is 7.47. The normalized spacial score (nSPS) is 13.2. The first-order valence-corrected chi connectivity index (χ1v) is 10.7. The first-order chi connectivity index (χ1) is 16.5. The Kier molecular flexibility index (Phi) is 6.67. The summed E-state index contributed by atoms with van der Waals surface area (Å²) in [5.74, 6) is -0.684. The van der Waals surface area contributed by atoms with Crippen molar-refractivity contribution in [2.45, 2.75) is 25.8 Å². The topological polar surface area (TPSA) is 146 Å². The van der Waals surface area contributed by atoms with Crippen LogP contribution in [0, 0.1) is 12.3 Å². The van der Waals surface area contributed by atoms with Crippen LogP contribution in [0.25, 0.3) is 22.4 Å². The first-order valence-electron chi connectivity index (χ1n) is 10.7. The summed E-state index contributed by atoms with van der Waals surface area (Å²) in [6.45, 7) is 1.84. The number of rotatable bonds is 8. The van der Waals surface area contributed by atoms with Gasteiger partial charge in [0, 0.05) is 48.5 Å². The minimum atomic E-state index is -0.405. The number of aryl methyl sites for hydroxylation is 1. The molecule has 34 heavy (non-hydrogen) atoms. The van der Waals surface area contributed by atoms with Gasteiger partial charge >= 0.3 is 0 Å². The third-order valence-electron chi connectivity index (χ3n) is 5.30. The highest BCUT2D eigenvalue weighted by atomic mass is 16.2. The Balaban J connectivity index is 1.60. The summed E-state index contributed by atoms with van der Waals surface area (Å²) >= 11 is 0. The van der Waals surface area contributed by atoms with Gasteiger partial charge in [-0.2, -0.15) is 10.2 Å². The smallest absolute Gasteiger partial charge is 0.269 e. The van der Waals surface area contributed by atoms with E-state index >= 15 is 0 Å². The lowest BCUT2D eigenvalue weighted by atomic mass is 10.0. The maximum absolute atomic E-state index is 12.6. The number of hydrogen-bond acceptors (Lipinski definition) is 8. The number of hydrogen-bond donors (Lipinski definition) is 4. The van der Waals surface area contributed by atoms with Crippen LogP contribution >= 0.6 is 0 Å². The molecule has 0 saturated heterocycles. The molecule has 3 aromatic rings. The van der Waals surface area contributed by atoms with Gasteiger partial charge < -0.3 is 21.4 Å². The molecule has 1 aliphatic carbocycles. The van der Waals surface area contributed by atoms with E-state index in [1.807, 2.05) is 13.0 Å². The maximum atomic E-state index is 12.6. The van der Waals surface area contributed by atoms with E-state index in [4.69, 9.17) is 5.41 Å². The molecule has 3 heterocycles. The van der Waals surface area contributed by atoms with Gasteiger partial charge in [-0.05, 0) is 49.6 Å². The molecule has 3 aromatic heterocycles. The maximum Gasteiger partial charge on any atom is 0.269 e. The number of amides is 2. The van der Waals surface area contributed by atoms with Crippen LogP contribution in [-0.2, 0) is 4.79 Å². The molecule has 0 unspecified atom stereocenters. The average molecular weight is 457 g/mol. The van der Waals surface area contributed by atoms with E-state index < -0.39 is 5.91 Å². The largest absolute Gasteiger partial charge is 0.387 e. The van der Waals surface area contributed by atoms with Crippen LogP contribution in [0.1, 0.15) is 29.0 Å². The second-order valence-corrected chi connectivity index (χ2v) is 7.83. The predicted molar refractivity (Wildman–Crippen MR) is 128 cm³/mol. The van der Waals surface area contributed by atoms with Crippen LogP contribution in [-0.4, -0.2) is 51.3 Å². The summed E-state index contributed by atoms with van der Waals surface area (Å²) in [5.41, 5.74) is 4.49. The molecule has 0 radical (unpaired) electrons. The molecule has 0 spiro atoms. The summed E-state index contributed by atoms with van der Waals surface area (Å²) in [4.78, 5) is 33.0. The number of nitrogens with zero attached hydrogens (tertiary/aromatic N) is 4. The van der Waals surface area contributed by atoms with Gasteiger partial charge in [0.15, 0.2) is 0 Å². The Labute approximate surface area is 196 Å². The summed E-state index contributed by atoms with van der Waals surface area (Å²) < 4.78 is 0. The number of anilines is 1. The number of aromatic nitrogens is 4. The quantitative estimate of drug-likeness (QED) is 0.301. The van der Waals surface area contributed by atoms with Crippen LogP contribution < -0.4 is 16.0 Å². The van der Waals surface area contributed by atoms with Crippen LogP contribution in [0.4, 0.5) is 5.69 Å². The number of pyridine rings is 2. The van der Waals surface area contributed by atoms with Crippen LogP contribution in [0.15, 0.2) is 54.6 Å². The third kappa shape index (κ3) is 5.29. The molecule has 1 aliphatic rings. The molecule has 4 rings (SSSR count). The minimum absolute atomic E-state index is 0.223. The van der Waals surface area contributed by atoms with Crippen molar-refractivity contribution in [3.05, 3.63) is 66.0 Å². The number of nitrogens with one attached hydrogen (secondary N) is 4. The molecule has 4 N–H and O–H groups in total. The Bertz CT molecular complexity index is 1280. The van der Waals surface area contributed by atoms with Gasteiger partial charge in [-0.1, -0.05) is 0 Å². The highest BCUT2D eigenvalue weighted by molar-refractivity contribution is 6.17. The van der Waals surface area contributed by atoms with E-state index in [-0.39, 0.29) is 11.5 Å². The van der Waals surface area contributed by atoms with Crippen molar-refractivity contribution >= 4 is 23.7 Å². The summed E-state index contributed by atoms with van der Waals surface area (Å²) in [7, 11) is 1.55. The van der Waals surface area contributed by atoms with Gasteiger partial charge in [0.25, 0.3) is 11.8 Å². The fraction of sp³-hybridized carbons (Fsp3) is 0.208. The Hall–Kier alpha value is -4.47.